The Morgan fingerprint density at radius 2 is 1.91 bits per heavy atom. The van der Waals surface area contributed by atoms with E-state index in [0.717, 1.165) is 20.8 Å². The van der Waals surface area contributed by atoms with Gasteiger partial charge in [-0.2, -0.15) is 0 Å². The molecule has 0 saturated heterocycles. The van der Waals surface area contributed by atoms with Gasteiger partial charge < -0.3 is 26.9 Å². The lowest BCUT2D eigenvalue weighted by Crippen LogP contribution is -2.48. The average Bonchev–Trinajstić information content (AvgIpc) is 3.23. The number of thiazole rings is 1. The third-order valence-corrected chi connectivity index (χ3v) is 5.81. The zero-order valence-corrected chi connectivity index (χ0v) is 19.5. The van der Waals surface area contributed by atoms with Crippen LogP contribution in [0.3, 0.4) is 0 Å². The van der Waals surface area contributed by atoms with Crippen molar-refractivity contribution in [3.05, 3.63) is 47.0 Å². The predicted octanol–water partition coefficient (Wildman–Crippen LogP) is 2.01. The van der Waals surface area contributed by atoms with Crippen LogP contribution in [0, 0.1) is 5.41 Å². The molecule has 0 spiro atoms. The van der Waals surface area contributed by atoms with Crippen molar-refractivity contribution < 1.29 is 24.3 Å². The molecule has 3 amide bonds. The molecule has 6 N–H and O–H groups in total. The molecule has 34 heavy (non-hydrogen) atoms. The van der Waals surface area contributed by atoms with Gasteiger partial charge in [-0.25, -0.2) is 4.98 Å². The number of benzene rings is 1. The number of carboxylic acids is 1. The first-order chi connectivity index (χ1) is 16.2. The van der Waals surface area contributed by atoms with Crippen molar-refractivity contribution in [2.24, 2.45) is 5.73 Å². The lowest BCUT2D eigenvalue weighted by molar-refractivity contribution is -0.138. The Hall–Kier alpha value is -3.86. The fourth-order valence-electron chi connectivity index (χ4n) is 2.90. The first-order valence-electron chi connectivity index (χ1n) is 10.5. The zero-order chi connectivity index (χ0) is 25.1. The first kappa shape index (κ1) is 26.4. The van der Waals surface area contributed by atoms with Gasteiger partial charge in [-0.1, -0.05) is 29.9 Å². The maximum absolute atomic E-state index is 12.3. The standard InChI is InChI=1S/C23H27N5O5S/c1-14(6-8-15(12-24)23-28-16-4-2-3-5-18(16)34-23)7-10-20(30)27-17(9-11-21(31)32)22(33)26-13-19(25)29/h2-6,8,12,17,24H,7,9-11,13H2,1H3,(H2,25,29)(H,26,33)(H,27,30)(H,31,32). The van der Waals surface area contributed by atoms with E-state index in [4.69, 9.17) is 16.2 Å². The van der Waals surface area contributed by atoms with Gasteiger partial charge in [-0.15, -0.1) is 11.3 Å². The summed E-state index contributed by atoms with van der Waals surface area (Å²) in [5.41, 5.74) is 7.38. The summed E-state index contributed by atoms with van der Waals surface area (Å²) in [7, 11) is 0. The van der Waals surface area contributed by atoms with E-state index >= 15 is 0 Å². The zero-order valence-electron chi connectivity index (χ0n) is 18.7. The molecule has 11 heteroatoms. The summed E-state index contributed by atoms with van der Waals surface area (Å²) in [6.07, 6.45) is 4.83. The molecule has 1 aromatic carbocycles. The summed E-state index contributed by atoms with van der Waals surface area (Å²) in [6, 6.07) is 6.63. The monoisotopic (exact) mass is 485 g/mol. The largest absolute Gasteiger partial charge is 0.481 e. The molecule has 1 unspecified atom stereocenters. The third kappa shape index (κ3) is 8.58. The Balaban J connectivity index is 1.97. The number of fused-ring (bicyclic) bond motifs is 1. The maximum Gasteiger partial charge on any atom is 0.303 e. The number of aliphatic carboxylic acids is 1. The lowest BCUT2D eigenvalue weighted by atomic mass is 10.1. The van der Waals surface area contributed by atoms with Crippen molar-refractivity contribution in [1.82, 2.24) is 15.6 Å². The quantitative estimate of drug-likeness (QED) is 0.214. The van der Waals surface area contributed by atoms with Crippen molar-refractivity contribution >= 4 is 57.0 Å². The van der Waals surface area contributed by atoms with E-state index in [1.54, 1.807) is 12.2 Å². The van der Waals surface area contributed by atoms with Crippen LogP contribution in [-0.2, 0) is 19.2 Å². The van der Waals surface area contributed by atoms with Gasteiger partial charge in [-0.05, 0) is 31.9 Å². The Morgan fingerprint density at radius 1 is 1.18 bits per heavy atom. The van der Waals surface area contributed by atoms with Crippen LogP contribution in [0.2, 0.25) is 0 Å². The molecule has 2 rings (SSSR count). The number of amides is 3. The van der Waals surface area contributed by atoms with E-state index in [0.29, 0.717) is 12.0 Å². The Morgan fingerprint density at radius 3 is 2.56 bits per heavy atom. The van der Waals surface area contributed by atoms with Crippen LogP contribution in [0.4, 0.5) is 0 Å². The van der Waals surface area contributed by atoms with Crippen molar-refractivity contribution in [3.8, 4) is 0 Å². The number of para-hydroxylation sites is 1. The first-order valence-corrected chi connectivity index (χ1v) is 11.3. The number of nitrogens with one attached hydrogen (secondary N) is 3. The van der Waals surface area contributed by atoms with E-state index < -0.39 is 36.3 Å². The molecule has 0 radical (unpaired) electrons. The molecule has 0 aliphatic carbocycles. The smallest absolute Gasteiger partial charge is 0.303 e. The summed E-state index contributed by atoms with van der Waals surface area (Å²) < 4.78 is 1.03. The second-order valence-corrected chi connectivity index (χ2v) is 8.53. The number of hydrogen-bond donors (Lipinski definition) is 5. The number of allylic oxidation sites excluding steroid dienone is 4. The molecule has 2 aromatic rings. The second kappa shape index (κ2) is 13.0. The minimum atomic E-state index is -1.11. The van der Waals surface area contributed by atoms with Gasteiger partial charge in [0.25, 0.3) is 0 Å². The number of rotatable bonds is 13. The molecule has 0 saturated carbocycles. The van der Waals surface area contributed by atoms with E-state index in [1.807, 2.05) is 31.2 Å². The van der Waals surface area contributed by atoms with Gasteiger partial charge >= 0.3 is 5.97 Å². The Labute approximate surface area is 200 Å². The fraction of sp³-hybridized carbons (Fsp3) is 0.304. The highest BCUT2D eigenvalue weighted by Crippen LogP contribution is 2.26. The highest BCUT2D eigenvalue weighted by Gasteiger charge is 2.21. The minimum Gasteiger partial charge on any atom is -0.481 e. The van der Waals surface area contributed by atoms with E-state index in [-0.39, 0.29) is 19.3 Å². The van der Waals surface area contributed by atoms with E-state index in [2.05, 4.69) is 15.6 Å². The molecule has 0 aliphatic rings. The molecular weight excluding hydrogens is 458 g/mol. The molecule has 0 aliphatic heterocycles. The van der Waals surface area contributed by atoms with E-state index in [9.17, 15) is 19.2 Å². The molecule has 10 nitrogen and oxygen atoms in total. The van der Waals surface area contributed by atoms with Crippen LogP contribution < -0.4 is 16.4 Å². The highest BCUT2D eigenvalue weighted by molar-refractivity contribution is 7.19. The highest BCUT2D eigenvalue weighted by atomic mass is 32.1. The summed E-state index contributed by atoms with van der Waals surface area (Å²) in [6.45, 7) is 1.43. The topological polar surface area (TPSA) is 175 Å². The molecule has 1 aromatic heterocycles. The van der Waals surface area contributed by atoms with Crippen LogP contribution in [0.15, 0.2) is 42.0 Å². The molecule has 1 heterocycles. The van der Waals surface area contributed by atoms with Gasteiger partial charge in [0.1, 0.15) is 11.0 Å². The third-order valence-electron chi connectivity index (χ3n) is 4.73. The van der Waals surface area contributed by atoms with E-state index in [1.165, 1.54) is 17.6 Å². The second-order valence-electron chi connectivity index (χ2n) is 7.50. The number of nitrogens with zero attached hydrogens (tertiary/aromatic N) is 1. The summed E-state index contributed by atoms with van der Waals surface area (Å²) in [5, 5.41) is 22.1. The summed E-state index contributed by atoms with van der Waals surface area (Å²) in [4.78, 5) is 50.8. The van der Waals surface area contributed by atoms with Gasteiger partial charge in [0, 0.05) is 24.6 Å². The Bertz CT molecular complexity index is 1100. The van der Waals surface area contributed by atoms with Crippen LogP contribution in [0.1, 0.15) is 37.6 Å². The lowest BCUT2D eigenvalue weighted by Gasteiger charge is -2.17. The fourth-order valence-corrected chi connectivity index (χ4v) is 3.87. The van der Waals surface area contributed by atoms with Crippen LogP contribution in [0.5, 0.6) is 0 Å². The normalized spacial score (nSPS) is 12.7. The van der Waals surface area contributed by atoms with Gasteiger partial charge in [0.2, 0.25) is 17.7 Å². The van der Waals surface area contributed by atoms with Crippen molar-refractivity contribution in [2.45, 2.75) is 38.6 Å². The molecule has 0 fully saturated rings. The molecule has 0 bridgehead atoms. The van der Waals surface area contributed by atoms with Gasteiger partial charge in [-0.3, -0.25) is 19.2 Å². The number of nitrogens with two attached hydrogens (primary N) is 1. The van der Waals surface area contributed by atoms with Crippen molar-refractivity contribution in [1.29, 1.82) is 5.41 Å². The molecular formula is C23H27N5O5S. The SMILES string of the molecule is CC(=CC=C(C=N)c1nc2ccccc2s1)CCC(=O)NC(CCC(=O)O)C(=O)NCC(N)=O. The number of aromatic nitrogens is 1. The molecule has 180 valence electrons. The van der Waals surface area contributed by atoms with Crippen molar-refractivity contribution in [2.75, 3.05) is 6.54 Å². The summed E-state index contributed by atoms with van der Waals surface area (Å²) >= 11 is 1.49. The van der Waals surface area contributed by atoms with Crippen LogP contribution in [-0.4, -0.2) is 52.6 Å². The number of carbonyl (C=O) groups excluding carboxylic acids is 3. The minimum absolute atomic E-state index is 0.0733. The van der Waals surface area contributed by atoms with Crippen LogP contribution >= 0.6 is 11.3 Å². The summed E-state index contributed by atoms with van der Waals surface area (Å²) in [5.74, 6) is -2.96. The average molecular weight is 486 g/mol. The number of carboxylic acid groups (broad SMARTS) is 1. The van der Waals surface area contributed by atoms with Gasteiger partial charge in [0.05, 0.1) is 16.8 Å². The number of primary amides is 1. The number of carbonyl (C=O) groups is 4. The predicted molar refractivity (Wildman–Crippen MR) is 130 cm³/mol. The Kier molecular flexibility index (Phi) is 10.1. The van der Waals surface area contributed by atoms with Crippen molar-refractivity contribution in [3.63, 3.8) is 0 Å². The molecule has 1 atom stereocenters. The van der Waals surface area contributed by atoms with Gasteiger partial charge in [0.15, 0.2) is 0 Å². The number of hydrogen-bond acceptors (Lipinski definition) is 7. The van der Waals surface area contributed by atoms with Crippen LogP contribution in [0.25, 0.3) is 15.8 Å². The maximum atomic E-state index is 12.3.